The average molecular weight is 473 g/mol. The molecule has 4 rings (SSSR count). The van der Waals surface area contributed by atoms with E-state index < -0.39 is 42.1 Å². The SMILES string of the molecule is O=C(Cn1cc(COc2cnc(C(=O)ON3C(=O)CCC3=O)cn2)nn1)ON1C(=O)CCC1=O. The molecule has 16 nitrogen and oxygen atoms in total. The van der Waals surface area contributed by atoms with Crippen molar-refractivity contribution in [3.63, 3.8) is 0 Å². The number of rotatable bonds is 8. The molecule has 2 fully saturated rings. The second-order valence-electron chi connectivity index (χ2n) is 6.94. The Kier molecular flexibility index (Phi) is 6.20. The summed E-state index contributed by atoms with van der Waals surface area (Å²) in [6.45, 7) is -0.518. The molecule has 4 amide bonds. The summed E-state index contributed by atoms with van der Waals surface area (Å²) < 4.78 is 6.50. The Bertz CT molecular complexity index is 1140. The van der Waals surface area contributed by atoms with Gasteiger partial charge in [-0.15, -0.1) is 15.2 Å². The third kappa shape index (κ3) is 5.00. The molecule has 2 aliphatic heterocycles. The third-order valence-electron chi connectivity index (χ3n) is 4.46. The van der Waals surface area contributed by atoms with Crippen molar-refractivity contribution in [2.75, 3.05) is 0 Å². The van der Waals surface area contributed by atoms with Crippen molar-refractivity contribution in [1.29, 1.82) is 0 Å². The van der Waals surface area contributed by atoms with Crippen molar-refractivity contribution in [2.24, 2.45) is 0 Å². The van der Waals surface area contributed by atoms with E-state index in [0.717, 1.165) is 17.1 Å². The van der Waals surface area contributed by atoms with Gasteiger partial charge in [-0.05, 0) is 0 Å². The molecule has 0 saturated carbocycles. The highest BCUT2D eigenvalue weighted by atomic mass is 16.7. The van der Waals surface area contributed by atoms with Gasteiger partial charge in [-0.1, -0.05) is 5.21 Å². The maximum atomic E-state index is 12.0. The van der Waals surface area contributed by atoms with Gasteiger partial charge in [0.1, 0.15) is 18.8 Å². The van der Waals surface area contributed by atoms with Crippen LogP contribution in [0.3, 0.4) is 0 Å². The van der Waals surface area contributed by atoms with Gasteiger partial charge in [-0.2, -0.15) is 0 Å². The summed E-state index contributed by atoms with van der Waals surface area (Å²) in [7, 11) is 0. The summed E-state index contributed by atoms with van der Waals surface area (Å²) in [6.07, 6.45) is 3.44. The minimum Gasteiger partial charge on any atom is -0.470 e. The Morgan fingerprint density at radius 1 is 0.853 bits per heavy atom. The molecular formula is C18H15N7O9. The van der Waals surface area contributed by atoms with E-state index >= 15 is 0 Å². The van der Waals surface area contributed by atoms with Crippen LogP contribution < -0.4 is 4.74 Å². The Labute approximate surface area is 189 Å². The zero-order chi connectivity index (χ0) is 24.2. The summed E-state index contributed by atoms with van der Waals surface area (Å²) >= 11 is 0. The van der Waals surface area contributed by atoms with Crippen molar-refractivity contribution in [2.45, 2.75) is 38.8 Å². The summed E-state index contributed by atoms with van der Waals surface area (Å²) in [6, 6.07) is 0. The summed E-state index contributed by atoms with van der Waals surface area (Å²) in [5.74, 6) is -4.32. The van der Waals surface area contributed by atoms with E-state index in [0.29, 0.717) is 15.8 Å². The Morgan fingerprint density at radius 3 is 2.06 bits per heavy atom. The van der Waals surface area contributed by atoms with Crippen LogP contribution in [0.2, 0.25) is 0 Å². The number of aromatic nitrogens is 5. The van der Waals surface area contributed by atoms with Crippen LogP contribution >= 0.6 is 0 Å². The molecule has 0 aromatic carbocycles. The van der Waals surface area contributed by atoms with E-state index in [1.807, 2.05) is 0 Å². The normalized spacial score (nSPS) is 15.8. The van der Waals surface area contributed by atoms with Crippen molar-refractivity contribution >= 4 is 35.6 Å². The van der Waals surface area contributed by atoms with Crippen LogP contribution in [0.4, 0.5) is 0 Å². The Morgan fingerprint density at radius 2 is 1.47 bits per heavy atom. The fourth-order valence-corrected chi connectivity index (χ4v) is 2.83. The van der Waals surface area contributed by atoms with E-state index in [1.54, 1.807) is 0 Å². The Balaban J connectivity index is 1.25. The van der Waals surface area contributed by atoms with Gasteiger partial charge in [0.2, 0.25) is 5.88 Å². The van der Waals surface area contributed by atoms with Gasteiger partial charge in [-0.3, -0.25) is 19.2 Å². The van der Waals surface area contributed by atoms with Crippen LogP contribution in [0.15, 0.2) is 18.6 Å². The predicted octanol–water partition coefficient (Wildman–Crippen LogP) is -1.52. The molecule has 0 N–H and O–H groups in total. The fraction of sp³-hybridized carbons (Fsp3) is 0.333. The van der Waals surface area contributed by atoms with Gasteiger partial charge >= 0.3 is 11.9 Å². The highest BCUT2D eigenvalue weighted by Crippen LogP contribution is 2.15. The molecular weight excluding hydrogens is 458 g/mol. The highest BCUT2D eigenvalue weighted by molar-refractivity contribution is 6.02. The van der Waals surface area contributed by atoms with E-state index in [1.165, 1.54) is 6.20 Å². The lowest BCUT2D eigenvalue weighted by molar-refractivity contribution is -0.198. The first-order valence-corrected chi connectivity index (χ1v) is 9.78. The van der Waals surface area contributed by atoms with Crippen molar-refractivity contribution < 1.29 is 43.2 Å². The first-order valence-electron chi connectivity index (χ1n) is 9.78. The van der Waals surface area contributed by atoms with E-state index in [4.69, 9.17) is 14.4 Å². The summed E-state index contributed by atoms with van der Waals surface area (Å²) in [5.41, 5.74) is 0.0525. The molecule has 0 radical (unpaired) electrons. The van der Waals surface area contributed by atoms with Crippen molar-refractivity contribution in [3.05, 3.63) is 30.0 Å². The lowest BCUT2D eigenvalue weighted by atomic mass is 10.4. The standard InChI is InChI=1S/C18H15N7O9/c26-13-1-2-14(27)24(13)33-17(30)8-23-7-10(21-22-23)9-32-12-6-19-11(5-20-12)18(31)34-25-15(28)3-4-16(25)29/h5-7H,1-4,8-9H2. The minimum absolute atomic E-state index is 0.0141. The topological polar surface area (TPSA) is 193 Å². The largest absolute Gasteiger partial charge is 0.470 e. The van der Waals surface area contributed by atoms with Gasteiger partial charge in [0, 0.05) is 25.7 Å². The molecule has 2 aromatic rings. The fourth-order valence-electron chi connectivity index (χ4n) is 2.83. The molecule has 0 unspecified atom stereocenters. The van der Waals surface area contributed by atoms with Crippen molar-refractivity contribution in [1.82, 2.24) is 35.1 Å². The summed E-state index contributed by atoms with van der Waals surface area (Å²) in [5, 5.41) is 8.35. The molecule has 2 aliphatic rings. The van der Waals surface area contributed by atoms with E-state index in [9.17, 15) is 28.8 Å². The highest BCUT2D eigenvalue weighted by Gasteiger charge is 2.34. The van der Waals surface area contributed by atoms with E-state index in [2.05, 4.69) is 20.3 Å². The monoisotopic (exact) mass is 473 g/mol. The van der Waals surface area contributed by atoms with Crippen molar-refractivity contribution in [3.8, 4) is 5.88 Å². The molecule has 16 heteroatoms. The minimum atomic E-state index is -1.03. The maximum absolute atomic E-state index is 12.0. The zero-order valence-corrected chi connectivity index (χ0v) is 17.3. The van der Waals surface area contributed by atoms with Crippen LogP contribution in [0.5, 0.6) is 5.88 Å². The zero-order valence-electron chi connectivity index (χ0n) is 17.3. The first kappa shape index (κ1) is 22.4. The molecule has 2 aromatic heterocycles. The van der Waals surface area contributed by atoms with Gasteiger partial charge in [-0.25, -0.2) is 24.2 Å². The molecule has 4 heterocycles. The second kappa shape index (κ2) is 9.39. The van der Waals surface area contributed by atoms with Gasteiger partial charge in [0.25, 0.3) is 23.6 Å². The molecule has 0 aliphatic carbocycles. The lowest BCUT2D eigenvalue weighted by Gasteiger charge is -2.12. The van der Waals surface area contributed by atoms with Gasteiger partial charge < -0.3 is 14.4 Å². The van der Waals surface area contributed by atoms with Crippen LogP contribution in [0, 0.1) is 0 Å². The Hall–Kier alpha value is -4.76. The third-order valence-corrected chi connectivity index (χ3v) is 4.46. The second-order valence-corrected chi connectivity index (χ2v) is 6.94. The molecule has 176 valence electrons. The molecule has 34 heavy (non-hydrogen) atoms. The van der Waals surface area contributed by atoms with Gasteiger partial charge in [0.05, 0.1) is 18.6 Å². The number of hydrogen-bond donors (Lipinski definition) is 0. The number of imide groups is 2. The number of hydrogen-bond acceptors (Lipinski definition) is 13. The summed E-state index contributed by atoms with van der Waals surface area (Å²) in [4.78, 5) is 87.0. The number of amides is 4. The number of carbonyl (C=O) groups excluding carboxylic acids is 6. The van der Waals surface area contributed by atoms with Crippen LogP contribution in [0.1, 0.15) is 41.9 Å². The van der Waals surface area contributed by atoms with Gasteiger partial charge in [0.15, 0.2) is 5.69 Å². The predicted molar refractivity (Wildman–Crippen MR) is 100 cm³/mol. The van der Waals surface area contributed by atoms with Crippen LogP contribution in [-0.2, 0) is 46.8 Å². The van der Waals surface area contributed by atoms with Crippen LogP contribution in [0.25, 0.3) is 0 Å². The quantitative estimate of drug-likeness (QED) is 0.401. The number of nitrogens with zero attached hydrogens (tertiary/aromatic N) is 7. The molecule has 0 bridgehead atoms. The molecule has 2 saturated heterocycles. The molecule has 0 spiro atoms. The number of ether oxygens (including phenoxy) is 1. The number of carbonyl (C=O) groups is 6. The van der Waals surface area contributed by atoms with Crippen LogP contribution in [-0.4, -0.2) is 70.7 Å². The maximum Gasteiger partial charge on any atom is 0.383 e. The molecule has 0 atom stereocenters. The number of hydroxylamine groups is 4. The average Bonchev–Trinajstić information content (AvgIpc) is 3.49. The smallest absolute Gasteiger partial charge is 0.383 e. The first-order chi connectivity index (χ1) is 16.3. The van der Waals surface area contributed by atoms with E-state index in [-0.39, 0.29) is 43.9 Å². The lowest BCUT2D eigenvalue weighted by Crippen LogP contribution is -2.33.